The van der Waals surface area contributed by atoms with Crippen LogP contribution in [0.5, 0.6) is 0 Å². The summed E-state index contributed by atoms with van der Waals surface area (Å²) >= 11 is 12.0. The van der Waals surface area contributed by atoms with E-state index in [1.54, 1.807) is 6.92 Å². The number of carbonyl (C=O) groups excluding carboxylic acids is 1. The molecule has 1 saturated heterocycles. The molecule has 1 aromatic rings. The lowest BCUT2D eigenvalue weighted by Gasteiger charge is -2.28. The van der Waals surface area contributed by atoms with Gasteiger partial charge in [0.2, 0.25) is 0 Å². The first-order chi connectivity index (χ1) is 8.97. The van der Waals surface area contributed by atoms with Crippen LogP contribution in [-0.2, 0) is 14.3 Å². The average molecular weight is 305 g/mol. The molecule has 104 valence electrons. The van der Waals surface area contributed by atoms with Gasteiger partial charge in [0.25, 0.3) is 5.91 Å². The number of halogens is 2. The van der Waals surface area contributed by atoms with E-state index in [2.05, 4.69) is 5.32 Å². The molecule has 7 heteroatoms. The van der Waals surface area contributed by atoms with Crippen molar-refractivity contribution >= 4 is 40.5 Å². The Morgan fingerprint density at radius 1 is 1.47 bits per heavy atom. The summed E-state index contributed by atoms with van der Waals surface area (Å²) in [5, 5.41) is 3.21. The summed E-state index contributed by atoms with van der Waals surface area (Å²) in [4.78, 5) is 12.0. The minimum atomic E-state index is -0.612. The summed E-state index contributed by atoms with van der Waals surface area (Å²) in [6.07, 6.45) is -0.642. The van der Waals surface area contributed by atoms with Crippen molar-refractivity contribution in [2.24, 2.45) is 0 Å². The van der Waals surface area contributed by atoms with E-state index in [9.17, 15) is 4.79 Å². The molecule has 19 heavy (non-hydrogen) atoms. The van der Waals surface area contributed by atoms with Crippen LogP contribution in [0, 0.1) is 0 Å². The van der Waals surface area contributed by atoms with E-state index in [-0.39, 0.29) is 22.1 Å². The summed E-state index contributed by atoms with van der Waals surface area (Å²) in [6, 6.07) is 3.04. The van der Waals surface area contributed by atoms with E-state index in [0.717, 1.165) is 0 Å². The van der Waals surface area contributed by atoms with Crippen LogP contribution < -0.4 is 11.1 Å². The van der Waals surface area contributed by atoms with Crippen LogP contribution in [0.3, 0.4) is 0 Å². The van der Waals surface area contributed by atoms with E-state index in [4.69, 9.17) is 38.4 Å². The zero-order chi connectivity index (χ0) is 14.0. The second-order valence-electron chi connectivity index (χ2n) is 4.29. The fourth-order valence-corrected chi connectivity index (χ4v) is 2.18. The monoisotopic (exact) mass is 304 g/mol. The predicted octanol–water partition coefficient (Wildman–Crippen LogP) is 2.32. The molecule has 0 radical (unpaired) electrons. The number of benzene rings is 1. The van der Waals surface area contributed by atoms with Crippen molar-refractivity contribution in [3.63, 3.8) is 0 Å². The molecule has 0 aliphatic carbocycles. The van der Waals surface area contributed by atoms with E-state index in [1.807, 2.05) is 0 Å². The molecular formula is C12H14Cl2N2O3. The number of hydrogen-bond donors (Lipinski definition) is 2. The van der Waals surface area contributed by atoms with Gasteiger partial charge in [-0.15, -0.1) is 0 Å². The van der Waals surface area contributed by atoms with E-state index in [1.165, 1.54) is 12.1 Å². The third kappa shape index (κ3) is 3.51. The highest BCUT2D eigenvalue weighted by Crippen LogP contribution is 2.33. The molecule has 1 amide bonds. The molecule has 0 spiro atoms. The summed E-state index contributed by atoms with van der Waals surface area (Å²) < 4.78 is 10.4. The SMILES string of the molecule is CC(OC1COC1)C(=O)Nc1c(Cl)cc(N)cc1Cl. The zero-order valence-electron chi connectivity index (χ0n) is 10.3. The standard InChI is InChI=1S/C12H14Cl2N2O3/c1-6(19-8-4-18-5-8)12(17)16-11-9(13)2-7(15)3-10(11)14/h2-3,6,8H,4-5,15H2,1H3,(H,16,17). The molecule has 0 aromatic heterocycles. The van der Waals surface area contributed by atoms with Gasteiger partial charge in [-0.1, -0.05) is 23.2 Å². The van der Waals surface area contributed by atoms with Gasteiger partial charge >= 0.3 is 0 Å². The number of hydrogen-bond acceptors (Lipinski definition) is 4. The summed E-state index contributed by atoms with van der Waals surface area (Å²) in [6.45, 7) is 2.69. The fourth-order valence-electron chi connectivity index (χ4n) is 1.58. The van der Waals surface area contributed by atoms with Crippen molar-refractivity contribution in [3.8, 4) is 0 Å². The topological polar surface area (TPSA) is 73.6 Å². The smallest absolute Gasteiger partial charge is 0.253 e. The normalized spacial score (nSPS) is 16.8. The molecule has 5 nitrogen and oxygen atoms in total. The number of amides is 1. The number of rotatable bonds is 4. The molecule has 1 aromatic carbocycles. The Kier molecular flexibility index (Phi) is 4.52. The number of nitrogen functional groups attached to an aromatic ring is 1. The summed E-state index contributed by atoms with van der Waals surface area (Å²) in [5.74, 6) is -0.319. The molecule has 0 bridgehead atoms. The Hall–Kier alpha value is -1.01. The Morgan fingerprint density at radius 2 is 2.05 bits per heavy atom. The molecule has 1 atom stereocenters. The van der Waals surface area contributed by atoms with E-state index < -0.39 is 6.10 Å². The van der Waals surface area contributed by atoms with Crippen LogP contribution in [0.1, 0.15) is 6.92 Å². The maximum absolute atomic E-state index is 12.0. The molecule has 1 aliphatic heterocycles. The fraction of sp³-hybridized carbons (Fsp3) is 0.417. The first-order valence-corrected chi connectivity index (χ1v) is 6.51. The number of nitrogens with two attached hydrogens (primary N) is 1. The second kappa shape index (κ2) is 5.96. The van der Waals surface area contributed by atoms with Gasteiger partial charge in [-0.3, -0.25) is 4.79 Å². The van der Waals surface area contributed by atoms with Gasteiger partial charge in [0, 0.05) is 5.69 Å². The zero-order valence-corrected chi connectivity index (χ0v) is 11.8. The van der Waals surface area contributed by atoms with Gasteiger partial charge in [-0.2, -0.15) is 0 Å². The van der Waals surface area contributed by atoms with Crippen LogP contribution in [0.2, 0.25) is 10.0 Å². The largest absolute Gasteiger partial charge is 0.399 e. The van der Waals surface area contributed by atoms with Crippen molar-refractivity contribution in [1.82, 2.24) is 0 Å². The quantitative estimate of drug-likeness (QED) is 0.837. The third-order valence-corrected chi connectivity index (χ3v) is 3.28. The number of carbonyl (C=O) groups is 1. The number of nitrogens with one attached hydrogen (secondary N) is 1. The van der Waals surface area contributed by atoms with Crippen molar-refractivity contribution < 1.29 is 14.3 Å². The molecule has 1 unspecified atom stereocenters. The second-order valence-corrected chi connectivity index (χ2v) is 5.10. The number of ether oxygens (including phenoxy) is 2. The summed E-state index contributed by atoms with van der Waals surface area (Å²) in [7, 11) is 0. The van der Waals surface area contributed by atoms with Crippen molar-refractivity contribution in [2.75, 3.05) is 24.3 Å². The third-order valence-electron chi connectivity index (χ3n) is 2.69. The summed E-state index contributed by atoms with van der Waals surface area (Å²) in [5.41, 5.74) is 6.36. The lowest BCUT2D eigenvalue weighted by molar-refractivity contribution is -0.161. The highest BCUT2D eigenvalue weighted by atomic mass is 35.5. The number of anilines is 2. The van der Waals surface area contributed by atoms with Crippen LogP contribution in [-0.4, -0.2) is 31.3 Å². The molecule has 0 saturated carbocycles. The van der Waals surface area contributed by atoms with Crippen molar-refractivity contribution in [2.45, 2.75) is 19.1 Å². The lowest BCUT2D eigenvalue weighted by atomic mass is 10.2. The highest BCUT2D eigenvalue weighted by Gasteiger charge is 2.25. The molecule has 2 rings (SSSR count). The highest BCUT2D eigenvalue weighted by molar-refractivity contribution is 6.40. The first-order valence-electron chi connectivity index (χ1n) is 5.76. The van der Waals surface area contributed by atoms with Crippen molar-refractivity contribution in [1.29, 1.82) is 0 Å². The van der Waals surface area contributed by atoms with Crippen molar-refractivity contribution in [3.05, 3.63) is 22.2 Å². The van der Waals surface area contributed by atoms with E-state index >= 15 is 0 Å². The average Bonchev–Trinajstić information content (AvgIpc) is 2.27. The molecule has 1 fully saturated rings. The Balaban J connectivity index is 2.01. The molecular weight excluding hydrogens is 291 g/mol. The van der Waals surface area contributed by atoms with Gasteiger partial charge in [0.1, 0.15) is 12.2 Å². The van der Waals surface area contributed by atoms with Gasteiger partial charge < -0.3 is 20.5 Å². The van der Waals surface area contributed by atoms with Gasteiger partial charge in [0.05, 0.1) is 28.9 Å². The molecule has 1 heterocycles. The van der Waals surface area contributed by atoms with Crippen LogP contribution in [0.15, 0.2) is 12.1 Å². The van der Waals surface area contributed by atoms with Crippen LogP contribution >= 0.6 is 23.2 Å². The van der Waals surface area contributed by atoms with Crippen LogP contribution in [0.25, 0.3) is 0 Å². The molecule has 3 N–H and O–H groups in total. The van der Waals surface area contributed by atoms with Gasteiger partial charge in [-0.25, -0.2) is 0 Å². The molecule has 1 aliphatic rings. The van der Waals surface area contributed by atoms with Gasteiger partial charge in [-0.05, 0) is 19.1 Å². The Morgan fingerprint density at radius 3 is 2.53 bits per heavy atom. The maximum atomic E-state index is 12.0. The minimum absolute atomic E-state index is 0.0295. The maximum Gasteiger partial charge on any atom is 0.253 e. The first kappa shape index (κ1) is 14.4. The van der Waals surface area contributed by atoms with Crippen LogP contribution in [0.4, 0.5) is 11.4 Å². The Labute approximate surface area is 121 Å². The predicted molar refractivity (Wildman–Crippen MR) is 74.7 cm³/mol. The lowest BCUT2D eigenvalue weighted by Crippen LogP contribution is -2.41. The van der Waals surface area contributed by atoms with E-state index in [0.29, 0.717) is 24.6 Å². The minimum Gasteiger partial charge on any atom is -0.399 e. The van der Waals surface area contributed by atoms with Gasteiger partial charge in [0.15, 0.2) is 0 Å². The Bertz CT molecular complexity index is 469.